The van der Waals surface area contributed by atoms with Crippen molar-refractivity contribution < 1.29 is 13.9 Å². The van der Waals surface area contributed by atoms with Crippen LogP contribution in [0, 0.1) is 5.82 Å². The molecule has 0 saturated carbocycles. The van der Waals surface area contributed by atoms with Crippen LogP contribution in [0.15, 0.2) is 72.8 Å². The van der Waals surface area contributed by atoms with Gasteiger partial charge in [0.05, 0.1) is 18.8 Å². The lowest BCUT2D eigenvalue weighted by molar-refractivity contribution is -0.139. The third-order valence-electron chi connectivity index (χ3n) is 5.35. The average Bonchev–Trinajstić information content (AvgIpc) is 2.79. The smallest absolute Gasteiger partial charge is 0.223 e. The molecule has 1 saturated heterocycles. The van der Waals surface area contributed by atoms with Crippen molar-refractivity contribution in [1.82, 2.24) is 9.88 Å². The van der Waals surface area contributed by atoms with Crippen LogP contribution in [0.25, 0.3) is 0 Å². The molecule has 0 bridgehead atoms. The van der Waals surface area contributed by atoms with Crippen molar-refractivity contribution >= 4 is 5.91 Å². The Bertz CT molecular complexity index is 976. The van der Waals surface area contributed by atoms with Crippen LogP contribution in [0.1, 0.15) is 35.0 Å². The van der Waals surface area contributed by atoms with E-state index in [9.17, 15) is 9.18 Å². The molecule has 0 spiro atoms. The first-order chi connectivity index (χ1) is 14.7. The standard InChI is InChI=1S/C25H25FN2O2/c26-21-12-9-19(10-13-21)11-14-25(29)28-15-16-30-24(18-28)23-8-4-7-22(27-23)17-20-5-2-1-3-6-20/h1-10,12-13,24H,11,14-18H2/t24-/m0/s1. The number of halogens is 1. The Morgan fingerprint density at radius 2 is 1.80 bits per heavy atom. The number of morpholine rings is 1. The maximum absolute atomic E-state index is 13.0. The molecule has 0 aliphatic carbocycles. The predicted molar refractivity (Wildman–Crippen MR) is 113 cm³/mol. The largest absolute Gasteiger partial charge is 0.368 e. The minimum absolute atomic E-state index is 0.0908. The monoisotopic (exact) mass is 404 g/mol. The van der Waals surface area contributed by atoms with Gasteiger partial charge in [-0.05, 0) is 41.8 Å². The van der Waals surface area contributed by atoms with Gasteiger partial charge in [0, 0.05) is 25.1 Å². The molecular weight excluding hydrogens is 379 g/mol. The second kappa shape index (κ2) is 9.63. The van der Waals surface area contributed by atoms with Crippen LogP contribution in [-0.4, -0.2) is 35.5 Å². The van der Waals surface area contributed by atoms with E-state index in [0.717, 1.165) is 23.4 Å². The maximum atomic E-state index is 13.0. The fourth-order valence-electron chi connectivity index (χ4n) is 3.70. The molecule has 2 aromatic carbocycles. The normalized spacial score (nSPS) is 16.4. The lowest BCUT2D eigenvalue weighted by Crippen LogP contribution is -2.42. The van der Waals surface area contributed by atoms with Crippen LogP contribution in [0.5, 0.6) is 0 Å². The number of carbonyl (C=O) groups is 1. The van der Waals surface area contributed by atoms with Gasteiger partial charge in [0.1, 0.15) is 11.9 Å². The van der Waals surface area contributed by atoms with Gasteiger partial charge in [0.25, 0.3) is 0 Å². The van der Waals surface area contributed by atoms with Crippen LogP contribution in [0.2, 0.25) is 0 Å². The van der Waals surface area contributed by atoms with E-state index in [4.69, 9.17) is 9.72 Å². The summed E-state index contributed by atoms with van der Waals surface area (Å²) < 4.78 is 19.0. The van der Waals surface area contributed by atoms with Gasteiger partial charge in [-0.3, -0.25) is 9.78 Å². The number of aromatic nitrogens is 1. The average molecular weight is 404 g/mol. The number of rotatable bonds is 6. The van der Waals surface area contributed by atoms with Crippen molar-refractivity contribution in [3.63, 3.8) is 0 Å². The first kappa shape index (κ1) is 20.2. The fraction of sp³-hybridized carbons (Fsp3) is 0.280. The lowest BCUT2D eigenvalue weighted by Gasteiger charge is -2.33. The Morgan fingerprint density at radius 1 is 1.00 bits per heavy atom. The zero-order chi connectivity index (χ0) is 20.8. The molecule has 1 aromatic heterocycles. The zero-order valence-corrected chi connectivity index (χ0v) is 16.8. The fourth-order valence-corrected chi connectivity index (χ4v) is 3.70. The third kappa shape index (κ3) is 5.30. The molecular formula is C25H25FN2O2. The molecule has 154 valence electrons. The minimum Gasteiger partial charge on any atom is -0.368 e. The van der Waals surface area contributed by atoms with E-state index in [1.54, 1.807) is 12.1 Å². The van der Waals surface area contributed by atoms with Crippen LogP contribution < -0.4 is 0 Å². The van der Waals surface area contributed by atoms with Gasteiger partial charge in [-0.25, -0.2) is 4.39 Å². The van der Waals surface area contributed by atoms with Crippen LogP contribution in [0.4, 0.5) is 4.39 Å². The Hall–Kier alpha value is -3.05. The highest BCUT2D eigenvalue weighted by Gasteiger charge is 2.26. The summed E-state index contributed by atoms with van der Waals surface area (Å²) in [6, 6.07) is 22.5. The van der Waals surface area contributed by atoms with Crippen molar-refractivity contribution in [1.29, 1.82) is 0 Å². The first-order valence-electron chi connectivity index (χ1n) is 10.3. The predicted octanol–water partition coefficient (Wildman–Crippen LogP) is 4.34. The molecule has 1 fully saturated rings. The molecule has 1 atom stereocenters. The molecule has 1 aliphatic rings. The second-order valence-corrected chi connectivity index (χ2v) is 7.54. The minimum atomic E-state index is -0.261. The Kier molecular flexibility index (Phi) is 6.50. The van der Waals surface area contributed by atoms with E-state index in [2.05, 4.69) is 12.1 Å². The highest BCUT2D eigenvalue weighted by molar-refractivity contribution is 5.76. The van der Waals surface area contributed by atoms with Crippen LogP contribution in [0.3, 0.4) is 0 Å². The van der Waals surface area contributed by atoms with Gasteiger partial charge in [0.2, 0.25) is 5.91 Å². The SMILES string of the molecule is O=C(CCc1ccc(F)cc1)N1CCO[C@H](c2cccc(Cc3ccccc3)n2)C1. The summed E-state index contributed by atoms with van der Waals surface area (Å²) in [6.45, 7) is 1.59. The molecule has 0 radical (unpaired) electrons. The number of aryl methyl sites for hydroxylation is 1. The van der Waals surface area contributed by atoms with Crippen LogP contribution >= 0.6 is 0 Å². The van der Waals surface area contributed by atoms with Gasteiger partial charge in [-0.1, -0.05) is 48.5 Å². The van der Waals surface area contributed by atoms with Crippen molar-refractivity contribution in [3.05, 3.63) is 101 Å². The van der Waals surface area contributed by atoms with Crippen molar-refractivity contribution in [2.75, 3.05) is 19.7 Å². The number of carbonyl (C=O) groups excluding carboxylic acids is 1. The van der Waals surface area contributed by atoms with Crippen molar-refractivity contribution in [2.45, 2.75) is 25.4 Å². The quantitative estimate of drug-likeness (QED) is 0.614. The molecule has 3 aromatic rings. The molecule has 1 aliphatic heterocycles. The molecule has 5 heteroatoms. The highest BCUT2D eigenvalue weighted by Crippen LogP contribution is 2.22. The summed E-state index contributed by atoms with van der Waals surface area (Å²) in [5, 5.41) is 0. The molecule has 1 amide bonds. The molecule has 2 heterocycles. The summed E-state index contributed by atoms with van der Waals surface area (Å²) in [7, 11) is 0. The Balaban J connectivity index is 1.36. The van der Waals surface area contributed by atoms with E-state index in [1.165, 1.54) is 17.7 Å². The van der Waals surface area contributed by atoms with E-state index >= 15 is 0 Å². The maximum Gasteiger partial charge on any atom is 0.223 e. The number of pyridine rings is 1. The third-order valence-corrected chi connectivity index (χ3v) is 5.35. The van der Waals surface area contributed by atoms with Gasteiger partial charge in [-0.2, -0.15) is 0 Å². The summed E-state index contributed by atoms with van der Waals surface area (Å²) in [4.78, 5) is 19.3. The summed E-state index contributed by atoms with van der Waals surface area (Å²) in [5.74, 6) is -0.170. The number of hydrogen-bond donors (Lipinski definition) is 0. The lowest BCUT2D eigenvalue weighted by atomic mass is 10.1. The molecule has 4 rings (SSSR count). The summed E-state index contributed by atoms with van der Waals surface area (Å²) in [5.41, 5.74) is 4.02. The van der Waals surface area contributed by atoms with Gasteiger partial charge < -0.3 is 9.64 Å². The molecule has 30 heavy (non-hydrogen) atoms. The van der Waals surface area contributed by atoms with Gasteiger partial charge in [-0.15, -0.1) is 0 Å². The van der Waals surface area contributed by atoms with E-state index in [-0.39, 0.29) is 17.8 Å². The van der Waals surface area contributed by atoms with Crippen molar-refractivity contribution in [2.24, 2.45) is 0 Å². The summed E-state index contributed by atoms with van der Waals surface area (Å²) >= 11 is 0. The van der Waals surface area contributed by atoms with Crippen LogP contribution in [-0.2, 0) is 22.4 Å². The molecule has 4 nitrogen and oxygen atoms in total. The summed E-state index contributed by atoms with van der Waals surface area (Å²) in [6.07, 6.45) is 1.55. The number of ether oxygens (including phenoxy) is 1. The molecule has 0 unspecified atom stereocenters. The second-order valence-electron chi connectivity index (χ2n) is 7.54. The first-order valence-corrected chi connectivity index (χ1v) is 10.3. The van der Waals surface area contributed by atoms with E-state index in [1.807, 2.05) is 41.3 Å². The van der Waals surface area contributed by atoms with E-state index in [0.29, 0.717) is 32.5 Å². The number of hydrogen-bond acceptors (Lipinski definition) is 3. The topological polar surface area (TPSA) is 42.4 Å². The highest BCUT2D eigenvalue weighted by atomic mass is 19.1. The zero-order valence-electron chi connectivity index (χ0n) is 16.8. The van der Waals surface area contributed by atoms with Crippen molar-refractivity contribution in [3.8, 4) is 0 Å². The Labute approximate surface area is 176 Å². The number of amides is 1. The van der Waals surface area contributed by atoms with Gasteiger partial charge >= 0.3 is 0 Å². The van der Waals surface area contributed by atoms with Gasteiger partial charge in [0.15, 0.2) is 0 Å². The van der Waals surface area contributed by atoms with E-state index < -0.39 is 0 Å². The Morgan fingerprint density at radius 3 is 2.60 bits per heavy atom. The number of nitrogens with zero attached hydrogens (tertiary/aromatic N) is 2. The number of benzene rings is 2. The molecule has 0 N–H and O–H groups in total.